The van der Waals surface area contributed by atoms with Crippen molar-refractivity contribution in [1.82, 2.24) is 0 Å². The molecule has 0 aliphatic rings. The normalized spacial score (nSPS) is 12.1. The molecule has 58 heavy (non-hydrogen) atoms. The van der Waals surface area contributed by atoms with Crippen LogP contribution >= 0.6 is 0 Å². The molecule has 0 aromatic heterocycles. The Labute approximate surface area is 361 Å². The first-order valence-electron chi connectivity index (χ1n) is 25.7. The lowest BCUT2D eigenvalue weighted by atomic mass is 10.0. The maximum absolute atomic E-state index is 12.7. The van der Waals surface area contributed by atoms with E-state index in [0.29, 0.717) is 19.3 Å². The van der Waals surface area contributed by atoms with Crippen LogP contribution in [-0.4, -0.2) is 37.2 Å². The SMILES string of the molecule is CCCCCCCCCCCCCCC(=O)OC[C@@H](COC(=O)CCCCCCCCCCCCCCCCCCC(C)C)OC(=O)CCCCCCCCC(C)C. The lowest BCUT2D eigenvalue weighted by Gasteiger charge is -2.18. The van der Waals surface area contributed by atoms with E-state index in [1.54, 1.807) is 0 Å². The first kappa shape index (κ1) is 56.4. The number of carbonyl (C=O) groups excluding carboxylic acids is 3. The second-order valence-electron chi connectivity index (χ2n) is 18.8. The Hall–Kier alpha value is -1.59. The standard InChI is InChI=1S/C52H100O6/c1-6-7-8-9-10-11-12-20-23-26-32-37-42-50(53)56-45-49(58-52(55)44-39-34-29-28-31-36-41-48(4)5)46-57-51(54)43-38-33-27-24-21-18-16-14-13-15-17-19-22-25-30-35-40-47(2)3/h47-49H,6-46H2,1-5H3/t49-/m0/s1. The topological polar surface area (TPSA) is 78.9 Å². The summed E-state index contributed by atoms with van der Waals surface area (Å²) in [5, 5.41) is 0. The third-order valence-corrected chi connectivity index (χ3v) is 11.7. The minimum Gasteiger partial charge on any atom is -0.462 e. The average Bonchev–Trinajstić information content (AvgIpc) is 3.19. The molecule has 0 aromatic carbocycles. The molecule has 6 heteroatoms. The number of hydrogen-bond donors (Lipinski definition) is 0. The van der Waals surface area contributed by atoms with Gasteiger partial charge in [0.25, 0.3) is 0 Å². The monoisotopic (exact) mass is 821 g/mol. The van der Waals surface area contributed by atoms with Gasteiger partial charge in [-0.05, 0) is 31.1 Å². The van der Waals surface area contributed by atoms with Gasteiger partial charge in [-0.25, -0.2) is 0 Å². The van der Waals surface area contributed by atoms with Crippen LogP contribution in [0.15, 0.2) is 0 Å². The van der Waals surface area contributed by atoms with Crippen molar-refractivity contribution in [2.75, 3.05) is 13.2 Å². The Bertz CT molecular complexity index is 885. The Morgan fingerprint density at radius 1 is 0.328 bits per heavy atom. The highest BCUT2D eigenvalue weighted by Gasteiger charge is 2.19. The quantitative estimate of drug-likeness (QED) is 0.0346. The molecule has 0 saturated heterocycles. The van der Waals surface area contributed by atoms with Crippen molar-refractivity contribution < 1.29 is 28.6 Å². The molecule has 1 atom stereocenters. The van der Waals surface area contributed by atoms with Gasteiger partial charge in [-0.15, -0.1) is 0 Å². The van der Waals surface area contributed by atoms with Gasteiger partial charge in [0, 0.05) is 19.3 Å². The third kappa shape index (κ3) is 45.5. The van der Waals surface area contributed by atoms with Crippen LogP contribution in [0.1, 0.15) is 285 Å². The largest absolute Gasteiger partial charge is 0.462 e. The number of unbranched alkanes of at least 4 members (excludes halogenated alkanes) is 31. The summed E-state index contributed by atoms with van der Waals surface area (Å²) < 4.78 is 16.8. The molecule has 0 amide bonds. The van der Waals surface area contributed by atoms with E-state index in [4.69, 9.17) is 14.2 Å². The summed E-state index contributed by atoms with van der Waals surface area (Å²) in [4.78, 5) is 37.8. The summed E-state index contributed by atoms with van der Waals surface area (Å²) in [5.74, 6) is 0.758. The maximum atomic E-state index is 12.7. The number of hydrogen-bond acceptors (Lipinski definition) is 6. The number of rotatable bonds is 46. The van der Waals surface area contributed by atoms with Crippen molar-refractivity contribution in [2.45, 2.75) is 291 Å². The highest BCUT2D eigenvalue weighted by atomic mass is 16.6. The van der Waals surface area contributed by atoms with Crippen LogP contribution in [0.2, 0.25) is 0 Å². The van der Waals surface area contributed by atoms with Gasteiger partial charge < -0.3 is 14.2 Å². The molecule has 0 unspecified atom stereocenters. The molecule has 0 saturated carbocycles. The van der Waals surface area contributed by atoms with Gasteiger partial charge in [0.1, 0.15) is 13.2 Å². The molecule has 6 nitrogen and oxygen atoms in total. The van der Waals surface area contributed by atoms with E-state index in [2.05, 4.69) is 34.6 Å². The molecule has 0 aliphatic heterocycles. The van der Waals surface area contributed by atoms with Gasteiger partial charge in [0.15, 0.2) is 6.10 Å². The van der Waals surface area contributed by atoms with E-state index in [1.165, 1.54) is 173 Å². The minimum absolute atomic E-state index is 0.0647. The highest BCUT2D eigenvalue weighted by Crippen LogP contribution is 2.17. The zero-order chi connectivity index (χ0) is 42.6. The second kappa shape index (κ2) is 44.9. The van der Waals surface area contributed by atoms with Crippen LogP contribution in [-0.2, 0) is 28.6 Å². The van der Waals surface area contributed by atoms with Gasteiger partial charge >= 0.3 is 17.9 Å². The molecule has 0 aliphatic carbocycles. The van der Waals surface area contributed by atoms with E-state index in [1.807, 2.05) is 0 Å². The Morgan fingerprint density at radius 2 is 0.569 bits per heavy atom. The fourth-order valence-corrected chi connectivity index (χ4v) is 7.81. The van der Waals surface area contributed by atoms with E-state index >= 15 is 0 Å². The number of esters is 3. The van der Waals surface area contributed by atoms with Crippen LogP contribution in [0.4, 0.5) is 0 Å². The highest BCUT2D eigenvalue weighted by molar-refractivity contribution is 5.71. The lowest BCUT2D eigenvalue weighted by Crippen LogP contribution is -2.30. The zero-order valence-electron chi connectivity index (χ0n) is 39.7. The molecule has 344 valence electrons. The van der Waals surface area contributed by atoms with E-state index in [-0.39, 0.29) is 31.1 Å². The molecule has 0 spiro atoms. The summed E-state index contributed by atoms with van der Waals surface area (Å²) in [5.41, 5.74) is 0. The number of carbonyl (C=O) groups is 3. The van der Waals surface area contributed by atoms with E-state index in [0.717, 1.165) is 69.6 Å². The van der Waals surface area contributed by atoms with Crippen LogP contribution in [0.25, 0.3) is 0 Å². The molecule has 0 fully saturated rings. The summed E-state index contributed by atoms with van der Waals surface area (Å²) in [6.07, 6.45) is 45.3. The molecular formula is C52H100O6. The van der Waals surface area contributed by atoms with Crippen LogP contribution in [0.5, 0.6) is 0 Å². The molecule has 0 heterocycles. The summed E-state index contributed by atoms with van der Waals surface area (Å²) in [6.45, 7) is 11.3. The summed E-state index contributed by atoms with van der Waals surface area (Å²) in [7, 11) is 0. The number of ether oxygens (including phenoxy) is 3. The maximum Gasteiger partial charge on any atom is 0.306 e. The summed E-state index contributed by atoms with van der Waals surface area (Å²) in [6, 6.07) is 0. The Kier molecular flexibility index (Phi) is 43.7. The third-order valence-electron chi connectivity index (χ3n) is 11.7. The molecule has 0 bridgehead atoms. The Balaban J connectivity index is 4.20. The summed E-state index contributed by atoms with van der Waals surface area (Å²) >= 11 is 0. The average molecular weight is 821 g/mol. The smallest absolute Gasteiger partial charge is 0.306 e. The van der Waals surface area contributed by atoms with Crippen LogP contribution in [0.3, 0.4) is 0 Å². The molecule has 0 radical (unpaired) electrons. The molecule has 0 aromatic rings. The molecule has 0 N–H and O–H groups in total. The van der Waals surface area contributed by atoms with Crippen LogP contribution in [0, 0.1) is 11.8 Å². The van der Waals surface area contributed by atoms with Crippen molar-refractivity contribution in [3.05, 3.63) is 0 Å². The predicted octanol–water partition coefficient (Wildman–Crippen LogP) is 16.5. The van der Waals surface area contributed by atoms with Crippen molar-refractivity contribution in [1.29, 1.82) is 0 Å². The van der Waals surface area contributed by atoms with Gasteiger partial charge in [-0.2, -0.15) is 0 Å². The van der Waals surface area contributed by atoms with Crippen molar-refractivity contribution in [3.8, 4) is 0 Å². The van der Waals surface area contributed by atoms with Gasteiger partial charge in [-0.1, -0.05) is 247 Å². The second-order valence-corrected chi connectivity index (χ2v) is 18.8. The van der Waals surface area contributed by atoms with Gasteiger partial charge in [0.05, 0.1) is 0 Å². The van der Waals surface area contributed by atoms with Gasteiger partial charge in [0.2, 0.25) is 0 Å². The molecular weight excluding hydrogens is 721 g/mol. The minimum atomic E-state index is -0.761. The van der Waals surface area contributed by atoms with E-state index in [9.17, 15) is 14.4 Å². The first-order chi connectivity index (χ1) is 28.2. The molecule has 0 rings (SSSR count). The predicted molar refractivity (Wildman–Crippen MR) is 247 cm³/mol. The first-order valence-corrected chi connectivity index (χ1v) is 25.7. The van der Waals surface area contributed by atoms with E-state index < -0.39 is 6.10 Å². The van der Waals surface area contributed by atoms with Crippen molar-refractivity contribution >= 4 is 17.9 Å². The zero-order valence-corrected chi connectivity index (χ0v) is 39.7. The lowest BCUT2D eigenvalue weighted by molar-refractivity contribution is -0.167. The van der Waals surface area contributed by atoms with Crippen molar-refractivity contribution in [2.24, 2.45) is 11.8 Å². The van der Waals surface area contributed by atoms with Crippen LogP contribution < -0.4 is 0 Å². The Morgan fingerprint density at radius 3 is 0.845 bits per heavy atom. The van der Waals surface area contributed by atoms with Crippen molar-refractivity contribution in [3.63, 3.8) is 0 Å². The fraction of sp³-hybridized carbons (Fsp3) is 0.942. The van der Waals surface area contributed by atoms with Gasteiger partial charge in [-0.3, -0.25) is 14.4 Å². The fourth-order valence-electron chi connectivity index (χ4n) is 7.81.